The van der Waals surface area contributed by atoms with Crippen LogP contribution in [-0.4, -0.2) is 42.9 Å². The summed E-state index contributed by atoms with van der Waals surface area (Å²) < 4.78 is 5.55. The van der Waals surface area contributed by atoms with Gasteiger partial charge in [-0.2, -0.15) is 0 Å². The van der Waals surface area contributed by atoms with E-state index in [1.54, 1.807) is 48.5 Å². The van der Waals surface area contributed by atoms with Crippen LogP contribution in [0.2, 0.25) is 5.02 Å². The largest absolute Gasteiger partial charge is 0.468 e. The van der Waals surface area contributed by atoms with Crippen LogP contribution < -0.4 is 5.32 Å². The van der Waals surface area contributed by atoms with Gasteiger partial charge in [-0.1, -0.05) is 39.7 Å². The highest BCUT2D eigenvalue weighted by atomic mass is 79.9. The summed E-state index contributed by atoms with van der Waals surface area (Å²) in [4.78, 5) is 37.7. The van der Waals surface area contributed by atoms with E-state index in [2.05, 4.69) is 26.0 Å². The minimum atomic E-state index is -0.513. The monoisotopic (exact) mass is 466 g/mol. The maximum atomic E-state index is 12.6. The Kier molecular flexibility index (Phi) is 8.47. The Morgan fingerprint density at radius 3 is 2.32 bits per heavy atom. The molecule has 0 aliphatic carbocycles. The van der Waals surface area contributed by atoms with Crippen LogP contribution in [0.15, 0.2) is 53.0 Å². The van der Waals surface area contributed by atoms with Crippen LogP contribution in [0.1, 0.15) is 22.3 Å². The molecule has 0 atom stereocenters. The van der Waals surface area contributed by atoms with E-state index < -0.39 is 5.97 Å². The fraction of sp³-hybridized carbons (Fsp3) is 0.250. The lowest BCUT2D eigenvalue weighted by molar-refractivity contribution is -0.147. The molecule has 28 heavy (non-hydrogen) atoms. The second-order valence-electron chi connectivity index (χ2n) is 5.97. The number of hydrogen-bond acceptors (Lipinski definition) is 4. The van der Waals surface area contributed by atoms with Gasteiger partial charge in [-0.15, -0.1) is 0 Å². The van der Waals surface area contributed by atoms with Gasteiger partial charge in [0, 0.05) is 34.6 Å². The van der Waals surface area contributed by atoms with Gasteiger partial charge < -0.3 is 15.0 Å². The van der Waals surface area contributed by atoms with E-state index in [-0.39, 0.29) is 37.9 Å². The Bertz CT molecular complexity index is 825. The Morgan fingerprint density at radius 1 is 1.07 bits per heavy atom. The molecule has 0 heterocycles. The minimum Gasteiger partial charge on any atom is -0.468 e. The number of amides is 2. The number of nitrogens with one attached hydrogen (secondary N) is 1. The molecule has 0 radical (unpaired) electrons. The van der Waals surface area contributed by atoms with Crippen LogP contribution in [0.25, 0.3) is 0 Å². The first-order chi connectivity index (χ1) is 13.4. The van der Waals surface area contributed by atoms with Crippen molar-refractivity contribution in [1.29, 1.82) is 0 Å². The average Bonchev–Trinajstić information content (AvgIpc) is 2.69. The quantitative estimate of drug-likeness (QED) is 0.604. The summed E-state index contributed by atoms with van der Waals surface area (Å²) in [7, 11) is 1.27. The van der Waals surface area contributed by atoms with Crippen LogP contribution in [-0.2, 0) is 20.9 Å². The molecule has 0 saturated heterocycles. The molecule has 148 valence electrons. The molecular weight excluding hydrogens is 448 g/mol. The van der Waals surface area contributed by atoms with E-state index >= 15 is 0 Å². The first-order valence-corrected chi connectivity index (χ1v) is 9.69. The summed E-state index contributed by atoms with van der Waals surface area (Å²) >= 11 is 9.19. The van der Waals surface area contributed by atoms with Crippen molar-refractivity contribution in [3.8, 4) is 0 Å². The Labute approximate surface area is 176 Å². The highest BCUT2D eigenvalue weighted by molar-refractivity contribution is 9.10. The standard InChI is InChI=1S/C20H20BrClN2O4/c1-28-19(26)13-24(12-14-2-8-17(22)9-3-14)18(25)10-11-23-20(27)15-4-6-16(21)7-5-15/h2-9H,10-13H2,1H3,(H,23,27). The zero-order valence-corrected chi connectivity index (χ0v) is 17.6. The highest BCUT2D eigenvalue weighted by Crippen LogP contribution is 2.13. The summed E-state index contributed by atoms with van der Waals surface area (Å²) in [6.07, 6.45) is 0.0624. The van der Waals surface area contributed by atoms with Crippen molar-refractivity contribution >= 4 is 45.3 Å². The van der Waals surface area contributed by atoms with E-state index in [9.17, 15) is 14.4 Å². The van der Waals surface area contributed by atoms with Gasteiger partial charge in [0.05, 0.1) is 7.11 Å². The van der Waals surface area contributed by atoms with Crippen molar-refractivity contribution in [1.82, 2.24) is 10.2 Å². The van der Waals surface area contributed by atoms with E-state index in [1.807, 2.05) is 0 Å². The van der Waals surface area contributed by atoms with Crippen molar-refractivity contribution in [2.45, 2.75) is 13.0 Å². The molecule has 2 aromatic rings. The number of carbonyl (C=O) groups excluding carboxylic acids is 3. The average molecular weight is 468 g/mol. The van der Waals surface area contributed by atoms with Gasteiger partial charge >= 0.3 is 5.97 Å². The Balaban J connectivity index is 1.93. The van der Waals surface area contributed by atoms with Crippen LogP contribution in [0.3, 0.4) is 0 Å². The normalized spacial score (nSPS) is 10.2. The van der Waals surface area contributed by atoms with Crippen molar-refractivity contribution in [2.24, 2.45) is 0 Å². The second kappa shape index (κ2) is 10.8. The molecule has 0 aliphatic heterocycles. The summed E-state index contributed by atoms with van der Waals surface area (Å²) in [5.74, 6) is -1.05. The molecule has 0 aliphatic rings. The predicted octanol–water partition coefficient (Wildman–Crippen LogP) is 3.42. The molecule has 0 aromatic heterocycles. The fourth-order valence-corrected chi connectivity index (χ4v) is 2.80. The molecule has 0 spiro atoms. The van der Waals surface area contributed by atoms with Gasteiger partial charge in [0.2, 0.25) is 5.91 Å². The van der Waals surface area contributed by atoms with Gasteiger partial charge in [-0.25, -0.2) is 0 Å². The van der Waals surface area contributed by atoms with Gasteiger partial charge in [0.1, 0.15) is 6.54 Å². The number of esters is 1. The molecule has 1 N–H and O–H groups in total. The lowest BCUT2D eigenvalue weighted by Crippen LogP contribution is -2.37. The first kappa shape index (κ1) is 21.9. The number of hydrogen-bond donors (Lipinski definition) is 1. The highest BCUT2D eigenvalue weighted by Gasteiger charge is 2.18. The van der Waals surface area contributed by atoms with Gasteiger partial charge in [-0.3, -0.25) is 14.4 Å². The number of methoxy groups -OCH3 is 1. The van der Waals surface area contributed by atoms with Crippen LogP contribution in [0.5, 0.6) is 0 Å². The number of carbonyl (C=O) groups is 3. The zero-order valence-electron chi connectivity index (χ0n) is 15.3. The lowest BCUT2D eigenvalue weighted by Gasteiger charge is -2.22. The van der Waals surface area contributed by atoms with E-state index in [1.165, 1.54) is 12.0 Å². The van der Waals surface area contributed by atoms with Crippen molar-refractivity contribution < 1.29 is 19.1 Å². The Hall–Kier alpha value is -2.38. The van der Waals surface area contributed by atoms with Crippen LogP contribution in [0.4, 0.5) is 0 Å². The van der Waals surface area contributed by atoms with Crippen molar-refractivity contribution in [3.05, 3.63) is 69.2 Å². The number of rotatable bonds is 8. The SMILES string of the molecule is COC(=O)CN(Cc1ccc(Cl)cc1)C(=O)CCNC(=O)c1ccc(Br)cc1. The lowest BCUT2D eigenvalue weighted by atomic mass is 10.2. The molecule has 0 bridgehead atoms. The van der Waals surface area contributed by atoms with Crippen LogP contribution in [0, 0.1) is 0 Å². The van der Waals surface area contributed by atoms with Gasteiger partial charge in [0.25, 0.3) is 5.91 Å². The maximum Gasteiger partial charge on any atom is 0.325 e. The molecule has 8 heteroatoms. The second-order valence-corrected chi connectivity index (χ2v) is 7.32. The molecule has 2 amide bonds. The van der Waals surface area contributed by atoms with Crippen molar-refractivity contribution in [3.63, 3.8) is 0 Å². The minimum absolute atomic E-state index is 0.0624. The van der Waals surface area contributed by atoms with Crippen molar-refractivity contribution in [2.75, 3.05) is 20.2 Å². The van der Waals surface area contributed by atoms with E-state index in [0.717, 1.165) is 10.0 Å². The molecule has 0 saturated carbocycles. The number of ether oxygens (including phenoxy) is 1. The third-order valence-electron chi connectivity index (χ3n) is 3.92. The first-order valence-electron chi connectivity index (χ1n) is 8.52. The van der Waals surface area contributed by atoms with E-state index in [0.29, 0.717) is 10.6 Å². The summed E-state index contributed by atoms with van der Waals surface area (Å²) in [5, 5.41) is 3.30. The number of halogens is 2. The predicted molar refractivity (Wildman–Crippen MR) is 110 cm³/mol. The number of benzene rings is 2. The molecule has 2 rings (SSSR count). The molecule has 0 unspecified atom stereocenters. The van der Waals surface area contributed by atoms with Gasteiger partial charge in [0.15, 0.2) is 0 Å². The molecule has 2 aromatic carbocycles. The zero-order chi connectivity index (χ0) is 20.5. The maximum absolute atomic E-state index is 12.6. The third-order valence-corrected chi connectivity index (χ3v) is 4.70. The molecule has 0 fully saturated rings. The van der Waals surface area contributed by atoms with E-state index in [4.69, 9.17) is 11.6 Å². The summed E-state index contributed by atoms with van der Waals surface area (Å²) in [6, 6.07) is 13.9. The molecular formula is C20H20BrClN2O4. The fourth-order valence-electron chi connectivity index (χ4n) is 2.41. The van der Waals surface area contributed by atoms with Crippen LogP contribution >= 0.6 is 27.5 Å². The Morgan fingerprint density at radius 2 is 1.71 bits per heavy atom. The number of nitrogens with zero attached hydrogens (tertiary/aromatic N) is 1. The van der Waals surface area contributed by atoms with Gasteiger partial charge in [-0.05, 0) is 42.0 Å². The smallest absolute Gasteiger partial charge is 0.325 e. The summed E-state index contributed by atoms with van der Waals surface area (Å²) in [6.45, 7) is 0.233. The molecule has 6 nitrogen and oxygen atoms in total. The third kappa shape index (κ3) is 6.98. The summed E-state index contributed by atoms with van der Waals surface area (Å²) in [5.41, 5.74) is 1.34. The topological polar surface area (TPSA) is 75.7 Å².